The molecular weight excluding hydrogens is 416 g/mol. The summed E-state index contributed by atoms with van der Waals surface area (Å²) in [5.74, 6) is 0.885. The number of para-hydroxylation sites is 1. The van der Waals surface area contributed by atoms with Crippen LogP contribution < -0.4 is 0 Å². The molecule has 0 aliphatic carbocycles. The fourth-order valence-corrected chi connectivity index (χ4v) is 5.03. The molecule has 6 rings (SSSR count). The second kappa shape index (κ2) is 8.12. The van der Waals surface area contributed by atoms with Crippen molar-refractivity contribution in [1.29, 1.82) is 0 Å². The minimum atomic E-state index is 0.0993. The highest BCUT2D eigenvalue weighted by atomic mass is 16.5. The second-order valence-corrected chi connectivity index (χ2v) is 8.78. The maximum Gasteiger partial charge on any atom is 0.219 e. The molecule has 33 heavy (non-hydrogen) atoms. The van der Waals surface area contributed by atoms with Crippen LogP contribution in [0.1, 0.15) is 37.1 Å². The van der Waals surface area contributed by atoms with Gasteiger partial charge in [0.1, 0.15) is 5.82 Å². The largest absolute Gasteiger partial charge is 0.381 e. The topological polar surface area (TPSA) is 88.9 Å². The molecule has 0 atom stereocenters. The number of benzene rings is 1. The van der Waals surface area contributed by atoms with Crippen LogP contribution in [-0.4, -0.2) is 55.3 Å². The number of amides is 1. The fourth-order valence-electron chi connectivity index (χ4n) is 5.03. The minimum absolute atomic E-state index is 0.0993. The van der Waals surface area contributed by atoms with E-state index in [9.17, 15) is 4.79 Å². The molecule has 2 aliphatic rings. The molecular formula is C25H26N6O2. The molecule has 1 amide bonds. The van der Waals surface area contributed by atoms with Crippen molar-refractivity contribution in [2.24, 2.45) is 0 Å². The number of nitrogens with zero attached hydrogens (tertiary/aromatic N) is 5. The molecule has 1 fully saturated rings. The highest BCUT2D eigenvalue weighted by Gasteiger charge is 2.31. The smallest absolute Gasteiger partial charge is 0.219 e. The first kappa shape index (κ1) is 20.1. The second-order valence-electron chi connectivity index (χ2n) is 8.78. The maximum atomic E-state index is 12.2. The van der Waals surface area contributed by atoms with Crippen molar-refractivity contribution in [2.75, 3.05) is 19.8 Å². The van der Waals surface area contributed by atoms with E-state index in [1.165, 1.54) is 5.69 Å². The van der Waals surface area contributed by atoms with E-state index < -0.39 is 0 Å². The molecule has 0 bridgehead atoms. The van der Waals surface area contributed by atoms with Crippen molar-refractivity contribution in [3.63, 3.8) is 0 Å². The molecule has 0 spiro atoms. The van der Waals surface area contributed by atoms with Crippen LogP contribution >= 0.6 is 0 Å². The van der Waals surface area contributed by atoms with Gasteiger partial charge in [-0.1, -0.05) is 12.1 Å². The van der Waals surface area contributed by atoms with Crippen LogP contribution in [-0.2, 0) is 22.5 Å². The van der Waals surface area contributed by atoms with Gasteiger partial charge in [-0.2, -0.15) is 5.10 Å². The van der Waals surface area contributed by atoms with Gasteiger partial charge in [-0.05, 0) is 31.0 Å². The Morgan fingerprint density at radius 3 is 2.85 bits per heavy atom. The zero-order valence-corrected chi connectivity index (χ0v) is 18.6. The Hall–Kier alpha value is -3.52. The Kier molecular flexibility index (Phi) is 4.95. The van der Waals surface area contributed by atoms with Crippen LogP contribution in [0.4, 0.5) is 0 Å². The zero-order valence-electron chi connectivity index (χ0n) is 18.6. The van der Waals surface area contributed by atoms with E-state index in [1.54, 1.807) is 13.1 Å². The summed E-state index contributed by atoms with van der Waals surface area (Å²) in [7, 11) is 0. The molecule has 8 heteroatoms. The van der Waals surface area contributed by atoms with Crippen LogP contribution in [0.5, 0.6) is 0 Å². The number of fused-ring (bicyclic) bond motifs is 2. The summed E-state index contributed by atoms with van der Waals surface area (Å²) in [6.07, 6.45) is 6.30. The first-order valence-electron chi connectivity index (χ1n) is 11.5. The predicted molar refractivity (Wildman–Crippen MR) is 124 cm³/mol. The van der Waals surface area contributed by atoms with E-state index in [2.05, 4.69) is 20.7 Å². The quantitative estimate of drug-likeness (QED) is 0.522. The third kappa shape index (κ3) is 3.51. The number of hydrogen-bond acceptors (Lipinski definition) is 5. The average molecular weight is 443 g/mol. The maximum absolute atomic E-state index is 12.2. The predicted octanol–water partition coefficient (Wildman–Crippen LogP) is 3.74. The van der Waals surface area contributed by atoms with Gasteiger partial charge < -0.3 is 14.6 Å². The molecule has 2 aliphatic heterocycles. The summed E-state index contributed by atoms with van der Waals surface area (Å²) in [6.45, 7) is 4.48. The van der Waals surface area contributed by atoms with Gasteiger partial charge in [-0.15, -0.1) is 0 Å². The lowest BCUT2D eigenvalue weighted by Gasteiger charge is -2.29. The summed E-state index contributed by atoms with van der Waals surface area (Å²) >= 11 is 0. The molecule has 0 unspecified atom stereocenters. The van der Waals surface area contributed by atoms with Crippen LogP contribution in [0.15, 0.2) is 42.7 Å². The Morgan fingerprint density at radius 2 is 2.06 bits per heavy atom. The highest BCUT2D eigenvalue weighted by Crippen LogP contribution is 2.37. The Labute approximate surface area is 191 Å². The number of imidazole rings is 1. The van der Waals surface area contributed by atoms with Crippen molar-refractivity contribution >= 4 is 16.9 Å². The third-order valence-corrected chi connectivity index (χ3v) is 6.77. The van der Waals surface area contributed by atoms with Crippen LogP contribution in [0.3, 0.4) is 0 Å². The van der Waals surface area contributed by atoms with Gasteiger partial charge in [0.2, 0.25) is 5.91 Å². The molecule has 1 saturated heterocycles. The van der Waals surface area contributed by atoms with Gasteiger partial charge in [-0.3, -0.25) is 14.5 Å². The SMILES string of the molecule is CC(=O)N1CCc2c(c(-c3cccc4[nH]c(-c5cccnc5)nc34)nn2C2CCOCC2)C1. The van der Waals surface area contributed by atoms with E-state index in [0.717, 1.165) is 78.3 Å². The van der Waals surface area contributed by atoms with Gasteiger partial charge in [0, 0.05) is 74.4 Å². The number of ether oxygens (including phenoxy) is 1. The van der Waals surface area contributed by atoms with Gasteiger partial charge in [0.05, 0.1) is 22.8 Å². The van der Waals surface area contributed by atoms with E-state index in [4.69, 9.17) is 14.8 Å². The van der Waals surface area contributed by atoms with Crippen molar-refractivity contribution in [3.05, 3.63) is 54.0 Å². The van der Waals surface area contributed by atoms with Crippen molar-refractivity contribution in [3.8, 4) is 22.6 Å². The molecule has 1 N–H and O–H groups in total. The number of aromatic nitrogens is 5. The van der Waals surface area contributed by atoms with Gasteiger partial charge in [0.25, 0.3) is 0 Å². The molecule has 168 valence electrons. The molecule has 0 saturated carbocycles. The minimum Gasteiger partial charge on any atom is -0.381 e. The number of aromatic amines is 1. The number of pyridine rings is 1. The molecule has 8 nitrogen and oxygen atoms in total. The molecule has 5 heterocycles. The zero-order chi connectivity index (χ0) is 22.4. The average Bonchev–Trinajstić information content (AvgIpc) is 3.47. The van der Waals surface area contributed by atoms with Gasteiger partial charge in [0.15, 0.2) is 0 Å². The lowest BCUT2D eigenvalue weighted by molar-refractivity contribution is -0.129. The number of hydrogen-bond donors (Lipinski definition) is 1. The molecule has 1 aromatic carbocycles. The lowest BCUT2D eigenvalue weighted by Crippen LogP contribution is -2.35. The number of carbonyl (C=O) groups is 1. The van der Waals surface area contributed by atoms with E-state index in [-0.39, 0.29) is 5.91 Å². The highest BCUT2D eigenvalue weighted by molar-refractivity contribution is 5.93. The summed E-state index contributed by atoms with van der Waals surface area (Å²) in [6, 6.07) is 10.4. The van der Waals surface area contributed by atoms with E-state index in [0.29, 0.717) is 12.6 Å². The Bertz CT molecular complexity index is 1320. The Balaban J connectivity index is 1.51. The summed E-state index contributed by atoms with van der Waals surface area (Å²) in [4.78, 5) is 26.7. The number of nitrogens with one attached hydrogen (secondary N) is 1. The molecule has 4 aromatic rings. The first-order chi connectivity index (χ1) is 16.2. The summed E-state index contributed by atoms with van der Waals surface area (Å²) in [5.41, 5.74) is 7.09. The monoisotopic (exact) mass is 442 g/mol. The van der Waals surface area contributed by atoms with E-state index >= 15 is 0 Å². The third-order valence-electron chi connectivity index (χ3n) is 6.77. The van der Waals surface area contributed by atoms with Gasteiger partial charge in [-0.25, -0.2) is 4.98 Å². The lowest BCUT2D eigenvalue weighted by atomic mass is 9.99. The Morgan fingerprint density at radius 1 is 1.18 bits per heavy atom. The molecule has 0 radical (unpaired) electrons. The molecule has 3 aromatic heterocycles. The summed E-state index contributed by atoms with van der Waals surface area (Å²) in [5, 5.41) is 5.17. The van der Waals surface area contributed by atoms with Crippen molar-refractivity contribution < 1.29 is 9.53 Å². The number of carbonyl (C=O) groups excluding carboxylic acids is 1. The van der Waals surface area contributed by atoms with Gasteiger partial charge >= 0.3 is 0 Å². The number of rotatable bonds is 3. The summed E-state index contributed by atoms with van der Waals surface area (Å²) < 4.78 is 7.81. The fraction of sp³-hybridized carbons (Fsp3) is 0.360. The van der Waals surface area contributed by atoms with Crippen LogP contribution in [0.2, 0.25) is 0 Å². The normalized spacial score (nSPS) is 16.8. The van der Waals surface area contributed by atoms with Crippen LogP contribution in [0.25, 0.3) is 33.7 Å². The van der Waals surface area contributed by atoms with E-state index in [1.807, 2.05) is 35.4 Å². The standard InChI is InChI=1S/C25H26N6O2/c1-16(32)30-11-7-22-20(15-30)23(29-31(22)18-8-12-33-13-9-18)19-5-2-6-21-24(19)28-25(27-21)17-4-3-10-26-14-17/h2-6,10,14,18H,7-9,11-13,15H2,1H3,(H,27,28). The number of H-pyrrole nitrogens is 1. The van der Waals surface area contributed by atoms with Crippen molar-refractivity contribution in [1.82, 2.24) is 29.6 Å². The van der Waals surface area contributed by atoms with Crippen LogP contribution in [0, 0.1) is 0 Å². The van der Waals surface area contributed by atoms with Crippen molar-refractivity contribution in [2.45, 2.75) is 38.8 Å². The first-order valence-corrected chi connectivity index (χ1v) is 11.5.